The Morgan fingerprint density at radius 2 is 1.71 bits per heavy atom. The average Bonchev–Trinajstić information content (AvgIpc) is 3.30. The predicted molar refractivity (Wildman–Crippen MR) is 158 cm³/mol. The number of hydrogen-bond acceptors (Lipinski definition) is 6. The molecular formula is C33H40N4O4. The average molecular weight is 557 g/mol. The summed E-state index contributed by atoms with van der Waals surface area (Å²) in [5, 5.41) is 3.27. The molecule has 1 aromatic heterocycles. The molecule has 0 aliphatic carbocycles. The van der Waals surface area contributed by atoms with Crippen LogP contribution < -0.4 is 14.8 Å². The minimum absolute atomic E-state index is 0.0334. The molecule has 2 aliphatic rings. The number of rotatable bonds is 11. The zero-order chi connectivity index (χ0) is 28.7. The first-order valence-electron chi connectivity index (χ1n) is 14.5. The Morgan fingerprint density at radius 1 is 0.951 bits per heavy atom. The van der Waals surface area contributed by atoms with Crippen molar-refractivity contribution < 1.29 is 19.1 Å². The van der Waals surface area contributed by atoms with Crippen molar-refractivity contribution in [3.63, 3.8) is 0 Å². The van der Waals surface area contributed by atoms with E-state index in [2.05, 4.69) is 27.3 Å². The van der Waals surface area contributed by atoms with Gasteiger partial charge in [-0.15, -0.1) is 0 Å². The summed E-state index contributed by atoms with van der Waals surface area (Å²) >= 11 is 0. The number of piperidine rings is 1. The van der Waals surface area contributed by atoms with E-state index in [1.165, 1.54) is 0 Å². The summed E-state index contributed by atoms with van der Waals surface area (Å²) in [6.07, 6.45) is 7.37. The van der Waals surface area contributed by atoms with Gasteiger partial charge in [0.15, 0.2) is 11.5 Å². The van der Waals surface area contributed by atoms with E-state index in [1.807, 2.05) is 59.6 Å². The highest BCUT2D eigenvalue weighted by Gasteiger charge is 2.47. The number of methoxy groups -OCH3 is 2. The van der Waals surface area contributed by atoms with E-state index in [0.29, 0.717) is 24.0 Å². The van der Waals surface area contributed by atoms with E-state index in [1.54, 1.807) is 20.4 Å². The van der Waals surface area contributed by atoms with E-state index >= 15 is 0 Å². The monoisotopic (exact) mass is 556 g/mol. The topological polar surface area (TPSA) is 84.0 Å². The molecule has 3 aromatic rings. The molecule has 2 amide bonds. The highest BCUT2D eigenvalue weighted by molar-refractivity contribution is 5.85. The summed E-state index contributed by atoms with van der Waals surface area (Å²) in [6.45, 7) is 4.11. The minimum atomic E-state index is -0.231. The van der Waals surface area contributed by atoms with Gasteiger partial charge in [0.1, 0.15) is 0 Å². The molecule has 1 unspecified atom stereocenters. The van der Waals surface area contributed by atoms with Crippen LogP contribution in [0.4, 0.5) is 0 Å². The summed E-state index contributed by atoms with van der Waals surface area (Å²) < 4.78 is 10.7. The molecule has 1 spiro atoms. The SMILES string of the molecule is COc1ccc(CC(=O)NC(CCN2CCC3(CC2)CCN(Cc2cccnc2)C3=O)c2ccccc2)cc1OC. The van der Waals surface area contributed by atoms with Gasteiger partial charge in [0.05, 0.1) is 32.1 Å². The van der Waals surface area contributed by atoms with Gasteiger partial charge in [0.2, 0.25) is 11.8 Å². The fourth-order valence-electron chi connectivity index (χ4n) is 6.16. The minimum Gasteiger partial charge on any atom is -0.493 e. The lowest BCUT2D eigenvalue weighted by atomic mass is 9.77. The fraction of sp³-hybridized carbons (Fsp3) is 0.424. The van der Waals surface area contributed by atoms with Gasteiger partial charge in [-0.3, -0.25) is 14.6 Å². The maximum absolute atomic E-state index is 13.4. The largest absolute Gasteiger partial charge is 0.493 e. The Bertz CT molecular complexity index is 1310. The summed E-state index contributed by atoms with van der Waals surface area (Å²) in [5.74, 6) is 1.52. The molecule has 41 heavy (non-hydrogen) atoms. The third-order valence-corrected chi connectivity index (χ3v) is 8.59. The van der Waals surface area contributed by atoms with Gasteiger partial charge >= 0.3 is 0 Å². The number of nitrogens with zero attached hydrogens (tertiary/aromatic N) is 3. The van der Waals surface area contributed by atoms with Gasteiger partial charge in [0.25, 0.3) is 0 Å². The predicted octanol–water partition coefficient (Wildman–Crippen LogP) is 4.40. The van der Waals surface area contributed by atoms with Crippen LogP contribution in [0.3, 0.4) is 0 Å². The number of hydrogen-bond donors (Lipinski definition) is 1. The zero-order valence-corrected chi connectivity index (χ0v) is 24.1. The Balaban J connectivity index is 1.16. The van der Waals surface area contributed by atoms with Crippen LogP contribution in [0.25, 0.3) is 0 Å². The number of carbonyl (C=O) groups is 2. The molecule has 1 atom stereocenters. The summed E-state index contributed by atoms with van der Waals surface area (Å²) in [5.41, 5.74) is 2.81. The van der Waals surface area contributed by atoms with Gasteiger partial charge in [-0.25, -0.2) is 0 Å². The second kappa shape index (κ2) is 13.2. The molecule has 0 bridgehead atoms. The van der Waals surface area contributed by atoms with Crippen LogP contribution in [0.1, 0.15) is 48.4 Å². The summed E-state index contributed by atoms with van der Waals surface area (Å²) in [7, 11) is 3.19. The van der Waals surface area contributed by atoms with Crippen molar-refractivity contribution in [3.8, 4) is 11.5 Å². The molecular weight excluding hydrogens is 516 g/mol. The van der Waals surface area contributed by atoms with Crippen LogP contribution in [0, 0.1) is 5.41 Å². The maximum Gasteiger partial charge on any atom is 0.229 e. The first-order chi connectivity index (χ1) is 20.0. The van der Waals surface area contributed by atoms with Crippen molar-refractivity contribution in [2.45, 2.75) is 44.7 Å². The van der Waals surface area contributed by atoms with Crippen molar-refractivity contribution in [1.82, 2.24) is 20.1 Å². The molecule has 0 saturated carbocycles. The van der Waals surface area contributed by atoms with Crippen molar-refractivity contribution in [1.29, 1.82) is 0 Å². The standard InChI is InChI=1S/C33H40N4O4/c1-40-29-11-10-25(21-30(29)41-2)22-31(38)35-28(27-8-4-3-5-9-27)12-17-36-18-13-33(14-19-36)15-20-37(32(33)39)24-26-7-6-16-34-23-26/h3-11,16,21,23,28H,12-15,17-20,22,24H2,1-2H3,(H,35,38). The number of nitrogens with one attached hydrogen (secondary N) is 1. The van der Waals surface area contributed by atoms with E-state index in [-0.39, 0.29) is 23.8 Å². The highest BCUT2D eigenvalue weighted by atomic mass is 16.5. The summed E-state index contributed by atoms with van der Waals surface area (Å²) in [6, 6.07) is 19.6. The van der Waals surface area contributed by atoms with Crippen LogP contribution in [0.2, 0.25) is 0 Å². The number of aromatic nitrogens is 1. The van der Waals surface area contributed by atoms with E-state index in [0.717, 1.165) is 68.6 Å². The third kappa shape index (κ3) is 6.88. The molecule has 2 saturated heterocycles. The molecule has 0 radical (unpaired) electrons. The molecule has 5 rings (SSSR count). The Labute approximate surface area is 242 Å². The molecule has 216 valence electrons. The number of likely N-dealkylation sites (tertiary alicyclic amines) is 2. The van der Waals surface area contributed by atoms with Gasteiger partial charge in [-0.1, -0.05) is 42.5 Å². The molecule has 8 nitrogen and oxygen atoms in total. The fourth-order valence-corrected chi connectivity index (χ4v) is 6.16. The number of ether oxygens (including phenoxy) is 2. The number of benzene rings is 2. The van der Waals surface area contributed by atoms with E-state index in [4.69, 9.17) is 9.47 Å². The van der Waals surface area contributed by atoms with Gasteiger partial charge < -0.3 is 24.6 Å². The van der Waals surface area contributed by atoms with Crippen molar-refractivity contribution in [2.24, 2.45) is 5.41 Å². The Morgan fingerprint density at radius 3 is 2.41 bits per heavy atom. The molecule has 2 aliphatic heterocycles. The lowest BCUT2D eigenvalue weighted by molar-refractivity contribution is -0.139. The maximum atomic E-state index is 13.4. The van der Waals surface area contributed by atoms with Crippen LogP contribution in [0.5, 0.6) is 11.5 Å². The van der Waals surface area contributed by atoms with Crippen LogP contribution in [-0.2, 0) is 22.6 Å². The quantitative estimate of drug-likeness (QED) is 0.377. The van der Waals surface area contributed by atoms with Crippen LogP contribution in [-0.4, -0.2) is 67.0 Å². The first-order valence-corrected chi connectivity index (χ1v) is 14.5. The van der Waals surface area contributed by atoms with E-state index in [9.17, 15) is 9.59 Å². The number of carbonyl (C=O) groups excluding carboxylic acids is 2. The third-order valence-electron chi connectivity index (χ3n) is 8.59. The second-order valence-corrected chi connectivity index (χ2v) is 11.1. The van der Waals surface area contributed by atoms with Gasteiger partial charge in [0, 0.05) is 32.0 Å². The number of pyridine rings is 1. The normalized spacial score (nSPS) is 17.4. The zero-order valence-electron chi connectivity index (χ0n) is 24.1. The van der Waals surface area contributed by atoms with Crippen molar-refractivity contribution >= 4 is 11.8 Å². The lowest BCUT2D eigenvalue weighted by Gasteiger charge is -2.38. The molecule has 3 heterocycles. The Hall–Kier alpha value is -3.91. The van der Waals surface area contributed by atoms with Crippen molar-refractivity contribution in [3.05, 3.63) is 89.7 Å². The summed E-state index contributed by atoms with van der Waals surface area (Å²) in [4.78, 5) is 35.2. The van der Waals surface area contributed by atoms with E-state index < -0.39 is 0 Å². The lowest BCUT2D eigenvalue weighted by Crippen LogP contribution is -2.45. The molecule has 8 heteroatoms. The molecule has 2 fully saturated rings. The number of amides is 2. The van der Waals surface area contributed by atoms with Gasteiger partial charge in [-0.2, -0.15) is 0 Å². The van der Waals surface area contributed by atoms with Crippen LogP contribution >= 0.6 is 0 Å². The van der Waals surface area contributed by atoms with Crippen LogP contribution in [0.15, 0.2) is 73.1 Å². The first kappa shape index (κ1) is 28.6. The Kier molecular flexibility index (Phi) is 9.19. The molecule has 1 N–H and O–H groups in total. The smallest absolute Gasteiger partial charge is 0.229 e. The second-order valence-electron chi connectivity index (χ2n) is 11.1. The van der Waals surface area contributed by atoms with Crippen molar-refractivity contribution in [2.75, 3.05) is 40.4 Å². The molecule has 2 aromatic carbocycles. The highest BCUT2D eigenvalue weighted by Crippen LogP contribution is 2.42. The van der Waals surface area contributed by atoms with Gasteiger partial charge in [-0.05, 0) is 73.7 Å².